The lowest BCUT2D eigenvalue weighted by atomic mass is 9.80. The van der Waals surface area contributed by atoms with Gasteiger partial charge in [-0.05, 0) is 56.1 Å². The molecule has 0 amide bonds. The fourth-order valence-corrected chi connectivity index (χ4v) is 16.9. The predicted molar refractivity (Wildman–Crippen MR) is 270 cm³/mol. The number of esters is 1. The van der Waals surface area contributed by atoms with Crippen LogP contribution >= 0.6 is 0 Å². The number of carbonyl (C=O) groups is 2. The van der Waals surface area contributed by atoms with Crippen LogP contribution < -0.4 is 22.9 Å². The number of nitrogens with two attached hydrogens (primary N) is 4. The van der Waals surface area contributed by atoms with E-state index in [1.807, 2.05) is 0 Å². The summed E-state index contributed by atoms with van der Waals surface area (Å²) in [5, 5.41) is 31.7. The molecule has 14 saturated heterocycles. The second-order valence-corrected chi connectivity index (χ2v) is 26.2. The van der Waals surface area contributed by atoms with Gasteiger partial charge in [0.05, 0.1) is 129 Å². The number of rotatable bonds is 2. The van der Waals surface area contributed by atoms with E-state index in [4.69, 9.17) is 89.3 Å². The summed E-state index contributed by atoms with van der Waals surface area (Å²) in [7, 11) is 0. The average Bonchev–Trinajstić information content (AvgIpc) is 4.13. The van der Waals surface area contributed by atoms with Crippen LogP contribution in [0.5, 0.6) is 0 Å². The molecule has 14 fully saturated rings. The number of hydrogen-bond acceptors (Lipinski definition) is 22. The molecule has 3 spiro atoms. The number of hydrogen-bond donors (Lipinski definition) is 7. The molecular formula is C56H82N4O19. The Labute approximate surface area is 459 Å². The molecule has 31 atom stereocenters. The number of carbonyl (C=O) groups excluding carboxylic acids is 1. The first-order chi connectivity index (χ1) is 37.8. The van der Waals surface area contributed by atoms with E-state index < -0.39 is 157 Å². The number of carboxylic acids is 1. The van der Waals surface area contributed by atoms with E-state index in [0.717, 1.165) is 11.1 Å². The summed E-state index contributed by atoms with van der Waals surface area (Å²) >= 11 is 0. The molecule has 14 aliphatic heterocycles. The van der Waals surface area contributed by atoms with E-state index in [1.54, 1.807) is 0 Å². The Bertz CT molecular complexity index is 2380. The summed E-state index contributed by atoms with van der Waals surface area (Å²) in [5.41, 5.74) is 29.6. The Kier molecular flexibility index (Phi) is 14.1. The number of aliphatic hydroxyl groups excluding tert-OH is 2. The molecule has 14 heterocycles. The Morgan fingerprint density at radius 3 is 2.05 bits per heavy atom. The zero-order valence-electron chi connectivity index (χ0n) is 45.0. The van der Waals surface area contributed by atoms with Gasteiger partial charge in [-0.15, -0.1) is 0 Å². The summed E-state index contributed by atoms with van der Waals surface area (Å²) in [4.78, 5) is 26.0. The molecule has 440 valence electrons. The second kappa shape index (κ2) is 20.4. The van der Waals surface area contributed by atoms with Crippen molar-refractivity contribution in [2.75, 3.05) is 0 Å². The molecule has 0 aromatic carbocycles. The quantitative estimate of drug-likeness (QED) is 0.147. The first kappa shape index (κ1) is 54.6. The normalized spacial score (nSPS) is 57.0. The van der Waals surface area contributed by atoms with E-state index in [0.29, 0.717) is 77.0 Å². The Balaban J connectivity index is 0.691. The van der Waals surface area contributed by atoms with Crippen molar-refractivity contribution in [2.24, 2.45) is 28.9 Å². The first-order valence-corrected chi connectivity index (χ1v) is 29.6. The summed E-state index contributed by atoms with van der Waals surface area (Å²) in [5.74, 6) is -5.07. The van der Waals surface area contributed by atoms with Gasteiger partial charge in [-0.2, -0.15) is 0 Å². The van der Waals surface area contributed by atoms with Crippen molar-refractivity contribution in [3.05, 3.63) is 24.3 Å². The van der Waals surface area contributed by atoms with Crippen LogP contribution in [0.1, 0.15) is 122 Å². The minimum Gasteiger partial charge on any atom is -0.481 e. The van der Waals surface area contributed by atoms with Crippen LogP contribution in [0.25, 0.3) is 0 Å². The van der Waals surface area contributed by atoms with Crippen LogP contribution in [0.4, 0.5) is 0 Å². The number of aliphatic carboxylic acids is 1. The third kappa shape index (κ3) is 9.80. The maximum absolute atomic E-state index is 14.5. The minimum absolute atomic E-state index is 0.0429. The van der Waals surface area contributed by atoms with Crippen LogP contribution in [0.3, 0.4) is 0 Å². The van der Waals surface area contributed by atoms with E-state index in [2.05, 4.69) is 20.1 Å². The largest absolute Gasteiger partial charge is 0.481 e. The smallest absolute Gasteiger partial charge is 0.308 e. The maximum Gasteiger partial charge on any atom is 0.308 e. The lowest BCUT2D eigenvalue weighted by Crippen LogP contribution is -2.68. The zero-order chi connectivity index (χ0) is 54.6. The van der Waals surface area contributed by atoms with Crippen molar-refractivity contribution < 1.29 is 91.2 Å². The molecule has 14 rings (SSSR count). The monoisotopic (exact) mass is 1110 g/mol. The van der Waals surface area contributed by atoms with Crippen LogP contribution in [0, 0.1) is 5.92 Å². The van der Waals surface area contributed by atoms with Crippen molar-refractivity contribution in [3.8, 4) is 0 Å². The van der Waals surface area contributed by atoms with Gasteiger partial charge in [0, 0.05) is 81.8 Å². The SMILES string of the molecule is C=C1C[C@@H]2CC[C@]34C[C@@H](O)C(O3)[C@@H]3O[C@H]5CC[C@H](CC(=O)O[C@@H]6[C@@H](N)[C@@H]7O[C@@H]8C[C@]9(C[C@@H]%10O[C@]%11(C[C@H](N)[C@@H]%12O[C@H](CC(=O)O)[C@H](O)C[C@@H]%12O%11)C[C@H](N)[C@@H]%10O9)O[C@@H]8C[C@@H]7O[C@H]6C[C@H]6O[C@@H](CC[C@@H]1O2)C[C@@H](N)C6=C)O[C@@H]5[C@H](O4)[C@@H]3C. The van der Waals surface area contributed by atoms with Gasteiger partial charge in [0.15, 0.2) is 17.4 Å². The molecule has 0 aromatic rings. The fourth-order valence-electron chi connectivity index (χ4n) is 16.9. The fraction of sp³-hybridized carbons (Fsp3) is 0.893. The molecule has 11 N–H and O–H groups in total. The van der Waals surface area contributed by atoms with E-state index in [-0.39, 0.29) is 81.0 Å². The summed E-state index contributed by atoms with van der Waals surface area (Å²) < 4.78 is 94.6. The molecule has 1 unspecified atom stereocenters. The molecule has 10 bridgehead atoms. The van der Waals surface area contributed by atoms with Gasteiger partial charge in [-0.3, -0.25) is 9.59 Å². The third-order valence-electron chi connectivity index (χ3n) is 20.7. The molecule has 14 aliphatic rings. The molecule has 23 nitrogen and oxygen atoms in total. The number of ether oxygens (including phenoxy) is 14. The molecule has 0 aliphatic carbocycles. The molecule has 0 radical (unpaired) electrons. The van der Waals surface area contributed by atoms with Crippen molar-refractivity contribution in [1.29, 1.82) is 0 Å². The highest BCUT2D eigenvalue weighted by molar-refractivity contribution is 5.70. The van der Waals surface area contributed by atoms with Gasteiger partial charge >= 0.3 is 11.9 Å². The van der Waals surface area contributed by atoms with Crippen LogP contribution in [-0.4, -0.2) is 209 Å². The summed E-state index contributed by atoms with van der Waals surface area (Å²) in [6, 6.07) is -2.26. The number of carboxylic acid groups (broad SMARTS) is 1. The highest BCUT2D eigenvalue weighted by Crippen LogP contribution is 2.55. The van der Waals surface area contributed by atoms with Crippen LogP contribution in [-0.2, 0) is 75.9 Å². The average molecular weight is 1120 g/mol. The second-order valence-electron chi connectivity index (χ2n) is 26.2. The van der Waals surface area contributed by atoms with Gasteiger partial charge < -0.3 is 105 Å². The molecular weight excluding hydrogens is 1030 g/mol. The van der Waals surface area contributed by atoms with E-state index in [1.165, 1.54) is 0 Å². The van der Waals surface area contributed by atoms with Gasteiger partial charge in [-0.25, -0.2) is 0 Å². The van der Waals surface area contributed by atoms with Crippen molar-refractivity contribution >= 4 is 11.9 Å². The lowest BCUT2D eigenvalue weighted by Gasteiger charge is -2.54. The van der Waals surface area contributed by atoms with E-state index in [9.17, 15) is 24.9 Å². The lowest BCUT2D eigenvalue weighted by molar-refractivity contribution is -0.359. The van der Waals surface area contributed by atoms with Crippen molar-refractivity contribution in [3.63, 3.8) is 0 Å². The molecule has 23 heteroatoms. The summed E-state index contributed by atoms with van der Waals surface area (Å²) in [6.45, 7) is 10.9. The van der Waals surface area contributed by atoms with Gasteiger partial charge in [0.1, 0.15) is 30.5 Å². The van der Waals surface area contributed by atoms with E-state index >= 15 is 0 Å². The Morgan fingerprint density at radius 1 is 0.544 bits per heavy atom. The Morgan fingerprint density at radius 2 is 1.23 bits per heavy atom. The van der Waals surface area contributed by atoms with Crippen LogP contribution in [0.15, 0.2) is 24.3 Å². The first-order valence-electron chi connectivity index (χ1n) is 29.6. The number of aliphatic hydroxyl groups is 2. The zero-order valence-corrected chi connectivity index (χ0v) is 45.0. The maximum atomic E-state index is 14.5. The van der Waals surface area contributed by atoms with Gasteiger partial charge in [0.25, 0.3) is 0 Å². The molecule has 79 heavy (non-hydrogen) atoms. The van der Waals surface area contributed by atoms with Gasteiger partial charge in [-0.1, -0.05) is 20.1 Å². The standard InChI is InChI=1S/C56H82N4O19/c1-22-10-27-8-9-54-19-32(62)50(79-54)46-24(3)47(77-54)53-34(70-46)7-5-26(68-53)12-44(65)73-52-38(14-35-23(2)28(57)11-25(67-35)4-6-33(22)66-27)69-39-15-37-41(72-51(39)45(52)60)20-56(74-37)21-42-49(78-56)30(59)18-55(76-42)17-29(58)48-40(75-55)13-31(61)36(71-48)16-43(63)64/h24-42,45-53,61-62H,1-2,4-21,57-60H2,3H3,(H,63,64)/t24-,25+,26-,27+,28-,29+,30+,31-,32-,33+,34+,35-,36-,37-,38+,39+,40+,41-,42+,45+,46-,47-,48+,49+,50?,51-,52+,53+,54-,55-,56+/m1/s1. The minimum atomic E-state index is -1.18. The highest BCUT2D eigenvalue weighted by atomic mass is 16.8. The highest BCUT2D eigenvalue weighted by Gasteiger charge is 2.67. The molecule has 0 aromatic heterocycles. The van der Waals surface area contributed by atoms with Crippen molar-refractivity contribution in [1.82, 2.24) is 0 Å². The third-order valence-corrected chi connectivity index (χ3v) is 20.7. The number of fused-ring (bicyclic) bond motifs is 13. The Hall–Kier alpha value is -2.34. The van der Waals surface area contributed by atoms with Crippen LogP contribution in [0.2, 0.25) is 0 Å². The summed E-state index contributed by atoms with van der Waals surface area (Å²) in [6.07, 6.45) is -5.60. The van der Waals surface area contributed by atoms with Crippen molar-refractivity contribution in [2.45, 2.75) is 304 Å². The van der Waals surface area contributed by atoms with Gasteiger partial charge in [0.2, 0.25) is 0 Å². The predicted octanol–water partition coefficient (Wildman–Crippen LogP) is 0.651. The topological polar surface area (TPSA) is 328 Å². The molecule has 0 saturated carbocycles.